The first-order valence-electron chi connectivity index (χ1n) is 9.66. The number of benzene rings is 2. The smallest absolute Gasteiger partial charge is 0.251 e. The summed E-state index contributed by atoms with van der Waals surface area (Å²) in [5.41, 5.74) is 8.37. The maximum Gasteiger partial charge on any atom is 0.251 e. The Hall–Kier alpha value is -3.48. The van der Waals surface area contributed by atoms with Crippen LogP contribution in [0, 0.1) is 0 Å². The van der Waals surface area contributed by atoms with E-state index >= 15 is 0 Å². The summed E-state index contributed by atoms with van der Waals surface area (Å²) in [6.45, 7) is 1.60. The zero-order valence-corrected chi connectivity index (χ0v) is 16.3. The number of carbonyl (C=O) groups is 2. The van der Waals surface area contributed by atoms with Gasteiger partial charge in [0.1, 0.15) is 5.75 Å². The summed E-state index contributed by atoms with van der Waals surface area (Å²) in [5, 5.41) is 4.10. The largest absolute Gasteiger partial charge is 0.497 e. The van der Waals surface area contributed by atoms with Gasteiger partial charge in [-0.25, -0.2) is 0 Å². The van der Waals surface area contributed by atoms with Gasteiger partial charge in [-0.05, 0) is 55.3 Å². The molecule has 4 N–H and O–H groups in total. The molecule has 0 unspecified atom stereocenters. The third kappa shape index (κ3) is 3.76. The fraction of sp³-hybridized carbons (Fsp3) is 0.273. The minimum absolute atomic E-state index is 0.0446. The van der Waals surface area contributed by atoms with Crippen LogP contribution in [0.4, 0.5) is 5.69 Å². The van der Waals surface area contributed by atoms with Crippen molar-refractivity contribution in [2.75, 3.05) is 25.1 Å². The Balaban J connectivity index is 1.50. The molecule has 4 rings (SSSR count). The van der Waals surface area contributed by atoms with Crippen molar-refractivity contribution >= 4 is 28.4 Å². The number of primary amides is 1. The van der Waals surface area contributed by atoms with E-state index in [0.29, 0.717) is 17.7 Å². The fourth-order valence-corrected chi connectivity index (χ4v) is 3.95. The van der Waals surface area contributed by atoms with Crippen LogP contribution in [0.15, 0.2) is 48.7 Å². The molecule has 2 aromatic carbocycles. The molecule has 29 heavy (non-hydrogen) atoms. The van der Waals surface area contributed by atoms with Crippen LogP contribution in [0.3, 0.4) is 0 Å². The number of anilines is 1. The summed E-state index contributed by atoms with van der Waals surface area (Å²) in [4.78, 5) is 29.7. The van der Waals surface area contributed by atoms with Gasteiger partial charge < -0.3 is 25.7 Å². The number of hydrogen-bond donors (Lipinski definition) is 3. The SMILES string of the molecule is COc1ccc(C(=O)N[C@@H]2CCCN(c3ccc(C(N)=O)c4[nH]ccc34)C2)cc1. The Labute approximate surface area is 168 Å². The van der Waals surface area contributed by atoms with E-state index in [4.69, 9.17) is 10.5 Å². The summed E-state index contributed by atoms with van der Waals surface area (Å²) in [6.07, 6.45) is 3.71. The third-order valence-electron chi connectivity index (χ3n) is 5.42. The Morgan fingerprint density at radius 2 is 1.97 bits per heavy atom. The summed E-state index contributed by atoms with van der Waals surface area (Å²) in [5.74, 6) is 0.183. The predicted octanol–water partition coefficient (Wildman–Crippen LogP) is 2.67. The van der Waals surface area contributed by atoms with Gasteiger partial charge in [0.25, 0.3) is 11.8 Å². The Bertz CT molecular complexity index is 1040. The second-order valence-corrected chi connectivity index (χ2v) is 7.25. The van der Waals surface area contributed by atoms with Crippen molar-refractivity contribution < 1.29 is 14.3 Å². The molecule has 1 aliphatic rings. The van der Waals surface area contributed by atoms with Crippen molar-refractivity contribution in [3.05, 3.63) is 59.8 Å². The molecule has 1 aliphatic heterocycles. The molecule has 7 heteroatoms. The number of rotatable bonds is 5. The molecule has 1 fully saturated rings. The molecule has 1 atom stereocenters. The number of aromatic nitrogens is 1. The van der Waals surface area contributed by atoms with Crippen LogP contribution in [0.25, 0.3) is 10.9 Å². The molecule has 0 spiro atoms. The Kier molecular flexibility index (Phi) is 5.12. The van der Waals surface area contributed by atoms with Gasteiger partial charge in [-0.2, -0.15) is 0 Å². The highest BCUT2D eigenvalue weighted by atomic mass is 16.5. The van der Waals surface area contributed by atoms with E-state index in [1.54, 1.807) is 37.4 Å². The first kappa shape index (κ1) is 18.9. The van der Waals surface area contributed by atoms with Crippen molar-refractivity contribution in [2.24, 2.45) is 5.73 Å². The molecular weight excluding hydrogens is 368 g/mol. The fourth-order valence-electron chi connectivity index (χ4n) is 3.95. The predicted molar refractivity (Wildman–Crippen MR) is 113 cm³/mol. The number of nitrogens with two attached hydrogens (primary N) is 1. The highest BCUT2D eigenvalue weighted by Gasteiger charge is 2.24. The van der Waals surface area contributed by atoms with Crippen molar-refractivity contribution in [1.82, 2.24) is 10.3 Å². The van der Waals surface area contributed by atoms with Gasteiger partial charge >= 0.3 is 0 Å². The van der Waals surface area contributed by atoms with E-state index in [1.165, 1.54) is 0 Å². The molecule has 0 saturated carbocycles. The number of nitrogens with zero attached hydrogens (tertiary/aromatic N) is 1. The molecule has 2 heterocycles. The molecule has 0 aliphatic carbocycles. The summed E-state index contributed by atoms with van der Waals surface area (Å²) >= 11 is 0. The second-order valence-electron chi connectivity index (χ2n) is 7.25. The Morgan fingerprint density at radius 3 is 2.69 bits per heavy atom. The number of methoxy groups -OCH3 is 1. The van der Waals surface area contributed by atoms with Gasteiger partial charge in [0.05, 0.1) is 18.2 Å². The highest BCUT2D eigenvalue weighted by Crippen LogP contribution is 2.30. The first-order valence-corrected chi connectivity index (χ1v) is 9.66. The zero-order chi connectivity index (χ0) is 20.4. The van der Waals surface area contributed by atoms with Gasteiger partial charge in [-0.3, -0.25) is 9.59 Å². The number of nitrogens with one attached hydrogen (secondary N) is 2. The standard InChI is InChI=1S/C22H24N4O3/c1-29-16-6-4-14(5-7-16)22(28)25-15-3-2-12-26(13-15)19-9-8-18(21(23)27)20-17(19)10-11-24-20/h4-11,15,24H,2-3,12-13H2,1H3,(H2,23,27)(H,25,28)/t15-/m1/s1. The molecule has 7 nitrogen and oxygen atoms in total. The topological polar surface area (TPSA) is 100 Å². The highest BCUT2D eigenvalue weighted by molar-refractivity contribution is 6.08. The van der Waals surface area contributed by atoms with Crippen LogP contribution in [0.5, 0.6) is 5.75 Å². The summed E-state index contributed by atoms with van der Waals surface area (Å²) < 4.78 is 5.14. The average molecular weight is 392 g/mol. The van der Waals surface area contributed by atoms with Crippen LogP contribution in [0.1, 0.15) is 33.6 Å². The lowest BCUT2D eigenvalue weighted by molar-refractivity contribution is 0.0932. The van der Waals surface area contributed by atoms with Crippen molar-refractivity contribution in [3.63, 3.8) is 0 Å². The second kappa shape index (κ2) is 7.87. The normalized spacial score (nSPS) is 16.6. The van der Waals surface area contributed by atoms with E-state index in [9.17, 15) is 9.59 Å². The molecule has 150 valence electrons. The van der Waals surface area contributed by atoms with Gasteiger partial charge in [0, 0.05) is 42.0 Å². The van der Waals surface area contributed by atoms with Crippen molar-refractivity contribution in [1.29, 1.82) is 0 Å². The Morgan fingerprint density at radius 1 is 1.17 bits per heavy atom. The zero-order valence-electron chi connectivity index (χ0n) is 16.3. The summed E-state index contributed by atoms with van der Waals surface area (Å²) in [6, 6.07) is 12.8. The minimum atomic E-state index is -0.452. The number of amides is 2. The summed E-state index contributed by atoms with van der Waals surface area (Å²) in [7, 11) is 1.60. The number of fused-ring (bicyclic) bond motifs is 1. The monoisotopic (exact) mass is 392 g/mol. The van der Waals surface area contributed by atoms with E-state index in [0.717, 1.165) is 41.7 Å². The van der Waals surface area contributed by atoms with E-state index < -0.39 is 5.91 Å². The lowest BCUT2D eigenvalue weighted by atomic mass is 10.0. The molecule has 1 saturated heterocycles. The molecule has 0 bridgehead atoms. The van der Waals surface area contributed by atoms with Crippen molar-refractivity contribution in [2.45, 2.75) is 18.9 Å². The molecule has 2 amide bonds. The van der Waals surface area contributed by atoms with Gasteiger partial charge in [0.2, 0.25) is 0 Å². The number of ether oxygens (including phenoxy) is 1. The number of H-pyrrole nitrogens is 1. The van der Waals surface area contributed by atoms with Crippen molar-refractivity contribution in [3.8, 4) is 5.75 Å². The molecular formula is C22H24N4O3. The quantitative estimate of drug-likeness (QED) is 0.621. The van der Waals surface area contributed by atoms with Gasteiger partial charge in [-0.1, -0.05) is 0 Å². The van der Waals surface area contributed by atoms with Crippen LogP contribution in [-0.2, 0) is 0 Å². The third-order valence-corrected chi connectivity index (χ3v) is 5.42. The van der Waals surface area contributed by atoms with E-state index in [1.807, 2.05) is 18.3 Å². The van der Waals surface area contributed by atoms with Crippen LogP contribution in [-0.4, -0.2) is 43.0 Å². The molecule has 0 radical (unpaired) electrons. The lowest BCUT2D eigenvalue weighted by Gasteiger charge is -2.35. The minimum Gasteiger partial charge on any atom is -0.497 e. The number of aromatic amines is 1. The maximum absolute atomic E-state index is 12.6. The van der Waals surface area contributed by atoms with Crippen LogP contribution in [0.2, 0.25) is 0 Å². The van der Waals surface area contributed by atoms with Crippen LogP contribution >= 0.6 is 0 Å². The molecule has 1 aromatic heterocycles. The lowest BCUT2D eigenvalue weighted by Crippen LogP contribution is -2.47. The van der Waals surface area contributed by atoms with Gasteiger partial charge in [0.15, 0.2) is 0 Å². The first-order chi connectivity index (χ1) is 14.1. The number of piperidine rings is 1. The van der Waals surface area contributed by atoms with Gasteiger partial charge in [-0.15, -0.1) is 0 Å². The average Bonchev–Trinajstić information content (AvgIpc) is 3.23. The van der Waals surface area contributed by atoms with E-state index in [-0.39, 0.29) is 11.9 Å². The maximum atomic E-state index is 12.6. The number of hydrogen-bond acceptors (Lipinski definition) is 4. The van der Waals surface area contributed by atoms with E-state index in [2.05, 4.69) is 15.2 Å². The number of carbonyl (C=O) groups excluding carboxylic acids is 2. The van der Waals surface area contributed by atoms with Crippen LogP contribution < -0.4 is 20.7 Å². The molecule has 3 aromatic rings.